The zero-order valence-electron chi connectivity index (χ0n) is 19.7. The third-order valence-electron chi connectivity index (χ3n) is 6.47. The molecule has 33 heavy (non-hydrogen) atoms. The molecule has 0 saturated carbocycles. The Morgan fingerprint density at radius 3 is 2.55 bits per heavy atom. The number of nitrogens with one attached hydrogen (secondary N) is 3. The Morgan fingerprint density at radius 1 is 1.18 bits per heavy atom. The van der Waals surface area contributed by atoms with Crippen molar-refractivity contribution < 1.29 is 29.6 Å². The summed E-state index contributed by atoms with van der Waals surface area (Å²) in [7, 11) is 0. The van der Waals surface area contributed by atoms with Crippen LogP contribution in [0, 0.1) is 5.92 Å². The van der Waals surface area contributed by atoms with Gasteiger partial charge in [0.2, 0.25) is 11.8 Å². The van der Waals surface area contributed by atoms with Crippen molar-refractivity contribution in [2.45, 2.75) is 99.7 Å². The quantitative estimate of drug-likeness (QED) is 0.232. The summed E-state index contributed by atoms with van der Waals surface area (Å²) in [5, 5.41) is 39.3. The lowest BCUT2D eigenvalue weighted by Crippen LogP contribution is -2.65. The Morgan fingerprint density at radius 2 is 1.91 bits per heavy atom. The minimum absolute atomic E-state index is 0.0733. The molecule has 0 spiro atoms. The predicted octanol–water partition coefficient (Wildman–Crippen LogP) is 0.334. The number of carbonyl (C=O) groups excluding carboxylic acids is 2. The first kappa shape index (κ1) is 28.6. The van der Waals surface area contributed by atoms with Gasteiger partial charge in [0.05, 0.1) is 17.5 Å². The van der Waals surface area contributed by atoms with Gasteiger partial charge in [-0.3, -0.25) is 9.59 Å². The molecule has 0 bridgehead atoms. The molecule has 9 nitrogen and oxygen atoms in total. The summed E-state index contributed by atoms with van der Waals surface area (Å²) < 4.78 is 5.81. The van der Waals surface area contributed by atoms with E-state index in [4.69, 9.17) is 16.3 Å². The van der Waals surface area contributed by atoms with E-state index in [-0.39, 0.29) is 11.8 Å². The van der Waals surface area contributed by atoms with Crippen LogP contribution in [0.3, 0.4) is 0 Å². The fourth-order valence-corrected chi connectivity index (χ4v) is 5.29. The van der Waals surface area contributed by atoms with Crippen LogP contribution in [-0.4, -0.2) is 93.8 Å². The molecule has 2 fully saturated rings. The van der Waals surface area contributed by atoms with Crippen LogP contribution < -0.4 is 16.0 Å². The van der Waals surface area contributed by atoms with Crippen molar-refractivity contribution in [1.29, 1.82) is 0 Å². The molecule has 0 aromatic heterocycles. The fraction of sp³-hybridized carbons (Fsp3) is 0.909. The van der Waals surface area contributed by atoms with Gasteiger partial charge in [0.1, 0.15) is 29.9 Å². The van der Waals surface area contributed by atoms with Crippen molar-refractivity contribution in [2.75, 3.05) is 19.3 Å². The van der Waals surface area contributed by atoms with Crippen molar-refractivity contribution >= 4 is 35.2 Å². The third-order valence-corrected chi connectivity index (χ3v) is 7.60. The number of hydrogen-bond acceptors (Lipinski definition) is 8. The van der Waals surface area contributed by atoms with Crippen molar-refractivity contribution in [1.82, 2.24) is 16.0 Å². The highest BCUT2D eigenvalue weighted by Gasteiger charge is 2.48. The average molecular weight is 510 g/mol. The van der Waals surface area contributed by atoms with Crippen molar-refractivity contribution in [3.05, 3.63) is 0 Å². The van der Waals surface area contributed by atoms with Gasteiger partial charge in [-0.25, -0.2) is 0 Å². The summed E-state index contributed by atoms with van der Waals surface area (Å²) in [6.07, 6.45) is 1.29. The van der Waals surface area contributed by atoms with Crippen molar-refractivity contribution in [2.24, 2.45) is 5.92 Å². The number of aliphatic hydroxyl groups excluding tert-OH is 3. The third kappa shape index (κ3) is 8.23. The Labute approximate surface area is 205 Å². The molecule has 3 unspecified atom stereocenters. The lowest BCUT2D eigenvalue weighted by molar-refractivity contribution is -0.205. The summed E-state index contributed by atoms with van der Waals surface area (Å²) >= 11 is 7.56. The van der Waals surface area contributed by atoms with Crippen molar-refractivity contribution in [3.8, 4) is 0 Å². The molecule has 2 aliphatic rings. The summed E-state index contributed by atoms with van der Waals surface area (Å²) in [6.45, 7) is 5.07. The Kier molecular flexibility index (Phi) is 12.2. The molecule has 11 heteroatoms. The highest BCUT2D eigenvalue weighted by molar-refractivity contribution is 7.99. The molecular weight excluding hydrogens is 470 g/mol. The molecule has 2 saturated heterocycles. The van der Waals surface area contributed by atoms with Gasteiger partial charge in [0.15, 0.2) is 0 Å². The zero-order valence-corrected chi connectivity index (χ0v) is 21.3. The number of hydrogen-bond donors (Lipinski definition) is 6. The average Bonchev–Trinajstić information content (AvgIpc) is 3.04. The highest BCUT2D eigenvalue weighted by atomic mass is 35.5. The molecule has 192 valence electrons. The summed E-state index contributed by atoms with van der Waals surface area (Å²) in [4.78, 5) is 24.9. The fourth-order valence-electron chi connectivity index (χ4n) is 4.40. The smallest absolute Gasteiger partial charge is 0.237 e. The first-order valence-corrected chi connectivity index (χ1v) is 13.6. The van der Waals surface area contributed by atoms with Gasteiger partial charge in [-0.05, 0) is 57.7 Å². The van der Waals surface area contributed by atoms with Crippen LogP contribution in [0.4, 0.5) is 0 Å². The second-order valence-corrected chi connectivity index (χ2v) is 10.6. The molecule has 2 rings (SSSR count). The number of amides is 2. The summed E-state index contributed by atoms with van der Waals surface area (Å²) in [5.74, 6) is 0.197. The summed E-state index contributed by atoms with van der Waals surface area (Å²) in [5.41, 5.74) is -0.741. The first-order chi connectivity index (χ1) is 15.7. The Hall–Kier alpha value is -0.620. The van der Waals surface area contributed by atoms with E-state index in [1.165, 1.54) is 11.8 Å². The van der Waals surface area contributed by atoms with E-state index < -0.39 is 47.3 Å². The van der Waals surface area contributed by atoms with E-state index in [1.807, 2.05) is 6.92 Å². The number of thioether (sulfide) groups is 1. The van der Waals surface area contributed by atoms with Gasteiger partial charge in [-0.15, -0.1) is 23.4 Å². The maximum atomic E-state index is 13.1. The lowest BCUT2D eigenvalue weighted by atomic mass is 9.92. The Balaban J connectivity index is 1.93. The minimum Gasteiger partial charge on any atom is -0.388 e. The van der Waals surface area contributed by atoms with Gasteiger partial charge in [0.25, 0.3) is 0 Å². The summed E-state index contributed by atoms with van der Waals surface area (Å²) in [6, 6.07) is -1.18. The molecule has 9 atom stereocenters. The molecule has 2 aliphatic heterocycles. The zero-order chi connectivity index (χ0) is 24.5. The molecule has 0 radical (unpaired) electrons. The molecule has 0 aromatic carbocycles. The highest BCUT2D eigenvalue weighted by Crippen LogP contribution is 2.30. The monoisotopic (exact) mass is 509 g/mol. The molecular formula is C22H40ClN3O6S. The van der Waals surface area contributed by atoms with Crippen LogP contribution in [0.25, 0.3) is 0 Å². The number of alkyl halides is 1. The molecule has 0 aliphatic carbocycles. The molecule has 2 amide bonds. The van der Waals surface area contributed by atoms with Gasteiger partial charge in [-0.2, -0.15) is 0 Å². The largest absolute Gasteiger partial charge is 0.388 e. The van der Waals surface area contributed by atoms with E-state index in [1.54, 1.807) is 13.2 Å². The Bertz CT molecular complexity index is 629. The van der Waals surface area contributed by atoms with Crippen LogP contribution in [0.1, 0.15) is 52.4 Å². The van der Waals surface area contributed by atoms with Crippen LogP contribution in [0.15, 0.2) is 0 Å². The second-order valence-electron chi connectivity index (χ2n) is 9.02. The second kappa shape index (κ2) is 14.1. The van der Waals surface area contributed by atoms with Crippen LogP contribution in [-0.2, 0) is 14.3 Å². The number of rotatable bonds is 10. The molecule has 0 aromatic rings. The van der Waals surface area contributed by atoms with E-state index in [2.05, 4.69) is 16.0 Å². The normalized spacial score (nSPS) is 34.7. The van der Waals surface area contributed by atoms with Crippen molar-refractivity contribution in [3.63, 3.8) is 0 Å². The van der Waals surface area contributed by atoms with E-state index >= 15 is 0 Å². The van der Waals surface area contributed by atoms with Gasteiger partial charge >= 0.3 is 0 Å². The maximum absolute atomic E-state index is 13.1. The number of aliphatic hydroxyl groups is 3. The van der Waals surface area contributed by atoms with E-state index in [0.29, 0.717) is 31.8 Å². The van der Waals surface area contributed by atoms with Gasteiger partial charge < -0.3 is 36.0 Å². The topological polar surface area (TPSA) is 140 Å². The minimum atomic E-state index is -1.40. The van der Waals surface area contributed by atoms with Gasteiger partial charge in [0, 0.05) is 13.0 Å². The predicted molar refractivity (Wildman–Crippen MR) is 129 cm³/mol. The van der Waals surface area contributed by atoms with E-state index in [9.17, 15) is 24.9 Å². The van der Waals surface area contributed by atoms with Crippen LogP contribution in [0.5, 0.6) is 0 Å². The van der Waals surface area contributed by atoms with Gasteiger partial charge in [-0.1, -0.05) is 6.92 Å². The molecule has 2 heterocycles. The standard InChI is InChI=1S/C22H40ClN3O6S/c1-4-10-25-15(27)8-6-13-5-7-14(24-11-9-13)21(31)26-16(12(2)23)20-18(29)17(28)19(30)22(32-20)33-3/h12-14,16-20,22,24,28-30H,4-11H2,1-3H3,(H,25,27)(H,26,31)/t12-,13+,14-,16+,17?,18?,19+,20+,22?/m0/s1. The maximum Gasteiger partial charge on any atom is 0.237 e. The first-order valence-electron chi connectivity index (χ1n) is 11.9. The number of halogens is 1. The number of carbonyl (C=O) groups is 2. The van der Waals surface area contributed by atoms with E-state index in [0.717, 1.165) is 25.7 Å². The van der Waals surface area contributed by atoms with Crippen LogP contribution in [0.2, 0.25) is 0 Å². The SMILES string of the molecule is CCCNC(=O)CC[C@@H]1CCN[C@H](C(=O)N[C@H]([C@H](C)Cl)[C@H]2OC(SC)[C@H](O)C(O)C2O)CC1. The lowest BCUT2D eigenvalue weighted by Gasteiger charge is -2.44. The van der Waals surface area contributed by atoms with Crippen LogP contribution >= 0.6 is 23.4 Å². The molecule has 6 N–H and O–H groups in total. The number of ether oxygens (including phenoxy) is 1.